The molecule has 31 heavy (non-hydrogen) atoms. The van der Waals surface area contributed by atoms with Crippen molar-refractivity contribution in [3.63, 3.8) is 0 Å². The first-order chi connectivity index (χ1) is 15.2. The Morgan fingerprint density at radius 3 is 2.48 bits per heavy atom. The van der Waals surface area contributed by atoms with Gasteiger partial charge in [-0.15, -0.1) is 0 Å². The van der Waals surface area contributed by atoms with E-state index in [-0.39, 0.29) is 18.8 Å². The van der Waals surface area contributed by atoms with Crippen molar-refractivity contribution in [2.45, 2.75) is 50.4 Å². The molecule has 0 spiro atoms. The number of piperidine rings is 1. The summed E-state index contributed by atoms with van der Waals surface area (Å²) in [5.74, 6) is 1.94. The molecule has 3 aliphatic rings. The Labute approximate surface area is 183 Å². The summed E-state index contributed by atoms with van der Waals surface area (Å²) < 4.78 is 16.9. The van der Waals surface area contributed by atoms with Gasteiger partial charge in [-0.1, -0.05) is 42.5 Å². The molecule has 2 aromatic carbocycles. The number of hydrogen-bond acceptors (Lipinski definition) is 5. The van der Waals surface area contributed by atoms with Crippen molar-refractivity contribution >= 4 is 6.09 Å². The number of amides is 1. The van der Waals surface area contributed by atoms with Gasteiger partial charge in [0.15, 0.2) is 17.6 Å². The van der Waals surface area contributed by atoms with Gasteiger partial charge in [-0.25, -0.2) is 4.79 Å². The Bertz CT molecular complexity index is 876. The maximum absolute atomic E-state index is 12.2. The second kappa shape index (κ2) is 9.18. The number of ether oxygens (including phenoxy) is 3. The molecule has 3 unspecified atom stereocenters. The molecule has 2 aromatic rings. The molecule has 0 aromatic heterocycles. The van der Waals surface area contributed by atoms with Gasteiger partial charge in [0, 0.05) is 25.2 Å². The van der Waals surface area contributed by atoms with Crippen LogP contribution in [0, 0.1) is 5.92 Å². The molecule has 0 aliphatic carbocycles. The quantitative estimate of drug-likeness (QED) is 0.763. The van der Waals surface area contributed by atoms with E-state index < -0.39 is 0 Å². The summed E-state index contributed by atoms with van der Waals surface area (Å²) in [4.78, 5) is 14.9. The van der Waals surface area contributed by atoms with Crippen molar-refractivity contribution in [3.05, 3.63) is 60.2 Å². The molecular weight excluding hydrogens is 392 g/mol. The Hall–Kier alpha value is -2.73. The fourth-order valence-electron chi connectivity index (χ4n) is 5.20. The first-order valence-corrected chi connectivity index (χ1v) is 11.3. The summed E-state index contributed by atoms with van der Waals surface area (Å²) in [5, 5.41) is 2.97. The molecule has 164 valence electrons. The van der Waals surface area contributed by atoms with Crippen LogP contribution in [0.15, 0.2) is 54.6 Å². The van der Waals surface area contributed by atoms with Gasteiger partial charge < -0.3 is 19.5 Å². The summed E-state index contributed by atoms with van der Waals surface area (Å²) in [6.45, 7) is 2.27. The number of hydrogen-bond donors (Lipinski definition) is 1. The number of fused-ring (bicyclic) bond motifs is 3. The molecule has 5 rings (SSSR count). The van der Waals surface area contributed by atoms with Gasteiger partial charge >= 0.3 is 6.09 Å². The van der Waals surface area contributed by atoms with Crippen LogP contribution in [0.5, 0.6) is 11.5 Å². The third-order valence-electron chi connectivity index (χ3n) is 6.69. The van der Waals surface area contributed by atoms with E-state index in [4.69, 9.17) is 14.2 Å². The van der Waals surface area contributed by atoms with Crippen LogP contribution in [0.1, 0.15) is 31.2 Å². The lowest BCUT2D eigenvalue weighted by Gasteiger charge is -2.39. The third kappa shape index (κ3) is 4.79. The maximum atomic E-state index is 12.2. The fraction of sp³-hybridized carbons (Fsp3) is 0.480. The molecule has 2 saturated heterocycles. The lowest BCUT2D eigenvalue weighted by molar-refractivity contribution is 0.0324. The molecule has 3 atom stereocenters. The van der Waals surface area contributed by atoms with Crippen LogP contribution in [-0.2, 0) is 11.3 Å². The summed E-state index contributed by atoms with van der Waals surface area (Å²) in [6.07, 6.45) is 4.15. The van der Waals surface area contributed by atoms with E-state index in [0.29, 0.717) is 36.9 Å². The van der Waals surface area contributed by atoms with E-state index in [1.807, 2.05) is 24.3 Å². The molecule has 2 fully saturated rings. The van der Waals surface area contributed by atoms with Gasteiger partial charge in [0.2, 0.25) is 0 Å². The average molecular weight is 423 g/mol. The van der Waals surface area contributed by atoms with Crippen LogP contribution in [-0.4, -0.2) is 48.9 Å². The second-order valence-electron chi connectivity index (χ2n) is 8.86. The third-order valence-corrected chi connectivity index (χ3v) is 6.69. The van der Waals surface area contributed by atoms with Crippen molar-refractivity contribution in [1.29, 1.82) is 0 Å². The van der Waals surface area contributed by atoms with E-state index in [1.54, 1.807) is 0 Å². The van der Waals surface area contributed by atoms with E-state index >= 15 is 0 Å². The number of carbonyl (C=O) groups is 1. The van der Waals surface area contributed by atoms with E-state index in [1.165, 1.54) is 18.4 Å². The number of carbonyl (C=O) groups excluding carboxylic acids is 1. The van der Waals surface area contributed by atoms with E-state index in [0.717, 1.165) is 25.1 Å². The molecular formula is C25H30N2O4. The highest BCUT2D eigenvalue weighted by Crippen LogP contribution is 2.39. The zero-order chi connectivity index (χ0) is 21.0. The molecule has 1 amide bonds. The minimum atomic E-state index is -0.374. The predicted molar refractivity (Wildman–Crippen MR) is 117 cm³/mol. The maximum Gasteiger partial charge on any atom is 0.407 e. The first-order valence-electron chi connectivity index (χ1n) is 11.3. The number of para-hydroxylation sites is 2. The normalized spacial score (nSPS) is 27.0. The van der Waals surface area contributed by atoms with Crippen LogP contribution in [0.3, 0.4) is 0 Å². The minimum Gasteiger partial charge on any atom is -0.486 e. The number of alkyl carbamates (subject to hydrolysis) is 1. The molecule has 0 saturated carbocycles. The Balaban J connectivity index is 1.04. The number of nitrogens with zero attached hydrogens (tertiary/aromatic N) is 1. The number of rotatable bonds is 6. The zero-order valence-corrected chi connectivity index (χ0v) is 17.7. The molecule has 6 nitrogen and oxygen atoms in total. The van der Waals surface area contributed by atoms with Gasteiger partial charge in [-0.2, -0.15) is 0 Å². The summed E-state index contributed by atoms with van der Waals surface area (Å²) in [5.41, 5.74) is 1.39. The van der Waals surface area contributed by atoms with Gasteiger partial charge in [-0.3, -0.25) is 4.90 Å². The highest BCUT2D eigenvalue weighted by molar-refractivity contribution is 5.67. The molecule has 2 bridgehead atoms. The summed E-state index contributed by atoms with van der Waals surface area (Å²) in [6, 6.07) is 19.5. The van der Waals surface area contributed by atoms with Crippen LogP contribution < -0.4 is 14.8 Å². The van der Waals surface area contributed by atoms with Crippen molar-refractivity contribution < 1.29 is 19.0 Å². The standard InChI is InChI=1S/C25H30N2O4/c28-25(30-17-22-16-29-23-8-4-5-9-24(23)31-22)26-14-19-12-20-10-11-21(13-19)27(20)15-18-6-2-1-3-7-18/h1-9,19-22H,10-17H2,(H,26,28). The molecule has 1 N–H and O–H groups in total. The van der Waals surface area contributed by atoms with Gasteiger partial charge in [0.1, 0.15) is 13.2 Å². The monoisotopic (exact) mass is 422 g/mol. The van der Waals surface area contributed by atoms with Crippen molar-refractivity contribution in [2.75, 3.05) is 19.8 Å². The predicted octanol–water partition coefficient (Wildman–Crippen LogP) is 4.00. The number of nitrogens with one attached hydrogen (secondary N) is 1. The molecule has 3 aliphatic heterocycles. The SMILES string of the molecule is O=C(NCC1CC2CCC(C1)N2Cc1ccccc1)OCC1COc2ccccc2O1. The van der Waals surface area contributed by atoms with Gasteiger partial charge in [0.05, 0.1) is 0 Å². The smallest absolute Gasteiger partial charge is 0.407 e. The van der Waals surface area contributed by atoms with Crippen LogP contribution in [0.4, 0.5) is 4.79 Å². The zero-order valence-electron chi connectivity index (χ0n) is 17.7. The van der Waals surface area contributed by atoms with Crippen LogP contribution in [0.25, 0.3) is 0 Å². The summed E-state index contributed by atoms with van der Waals surface area (Å²) >= 11 is 0. The Morgan fingerprint density at radius 2 is 1.71 bits per heavy atom. The summed E-state index contributed by atoms with van der Waals surface area (Å²) in [7, 11) is 0. The lowest BCUT2D eigenvalue weighted by atomic mass is 9.90. The van der Waals surface area contributed by atoms with Crippen LogP contribution in [0.2, 0.25) is 0 Å². The Kier molecular flexibility index (Phi) is 5.98. The highest BCUT2D eigenvalue weighted by Gasteiger charge is 2.40. The Morgan fingerprint density at radius 1 is 1.00 bits per heavy atom. The van der Waals surface area contributed by atoms with Crippen molar-refractivity contribution in [1.82, 2.24) is 10.2 Å². The molecule has 6 heteroatoms. The molecule has 0 radical (unpaired) electrons. The first kappa shape index (κ1) is 20.2. The second-order valence-corrected chi connectivity index (χ2v) is 8.86. The van der Waals surface area contributed by atoms with Crippen molar-refractivity contribution in [2.24, 2.45) is 5.92 Å². The average Bonchev–Trinajstić information content (AvgIpc) is 3.04. The molecule has 3 heterocycles. The number of benzene rings is 2. The largest absolute Gasteiger partial charge is 0.486 e. The van der Waals surface area contributed by atoms with Crippen LogP contribution >= 0.6 is 0 Å². The van der Waals surface area contributed by atoms with Gasteiger partial charge in [-0.05, 0) is 49.3 Å². The topological polar surface area (TPSA) is 60.0 Å². The van der Waals surface area contributed by atoms with Gasteiger partial charge in [0.25, 0.3) is 0 Å². The van der Waals surface area contributed by atoms with E-state index in [2.05, 4.69) is 40.5 Å². The highest BCUT2D eigenvalue weighted by atomic mass is 16.6. The van der Waals surface area contributed by atoms with Crippen molar-refractivity contribution in [3.8, 4) is 11.5 Å². The lowest BCUT2D eigenvalue weighted by Crippen LogP contribution is -2.45. The minimum absolute atomic E-state index is 0.181. The van der Waals surface area contributed by atoms with E-state index in [9.17, 15) is 4.79 Å². The fourth-order valence-corrected chi connectivity index (χ4v) is 5.20.